The first-order valence-electron chi connectivity index (χ1n) is 7.33. The van der Waals surface area contributed by atoms with E-state index in [9.17, 15) is 23.3 Å². The summed E-state index contributed by atoms with van der Waals surface area (Å²) < 4.78 is 30.2. The summed E-state index contributed by atoms with van der Waals surface area (Å²) in [6.45, 7) is 1.97. The zero-order valence-corrected chi connectivity index (χ0v) is 14.2. The van der Waals surface area contributed by atoms with E-state index in [1.54, 1.807) is 6.92 Å². The summed E-state index contributed by atoms with van der Waals surface area (Å²) in [6.07, 6.45) is 0.595. The molecule has 0 radical (unpaired) electrons. The van der Waals surface area contributed by atoms with Crippen molar-refractivity contribution in [3.63, 3.8) is 0 Å². The second-order valence-corrected chi connectivity index (χ2v) is 7.07. The summed E-state index contributed by atoms with van der Waals surface area (Å²) in [5.74, 6) is -0.749. The number of hydrogen-bond donors (Lipinski definition) is 1. The van der Waals surface area contributed by atoms with Crippen LogP contribution in [0.3, 0.4) is 0 Å². The largest absolute Gasteiger partial charge is 0.462 e. The maximum atomic E-state index is 12.7. The maximum absolute atomic E-state index is 12.7. The topological polar surface area (TPSA) is 130 Å². The number of ether oxygens (including phenoxy) is 1. The molecular formula is C16H16N2O6S. The van der Waals surface area contributed by atoms with Gasteiger partial charge in [-0.05, 0) is 42.8 Å². The van der Waals surface area contributed by atoms with Gasteiger partial charge in [0.2, 0.25) is 9.84 Å². The van der Waals surface area contributed by atoms with Crippen LogP contribution in [0, 0.1) is 10.1 Å². The maximum Gasteiger partial charge on any atom is 0.338 e. The molecule has 9 heteroatoms. The zero-order valence-electron chi connectivity index (χ0n) is 13.3. The van der Waals surface area contributed by atoms with Crippen LogP contribution in [0.15, 0.2) is 52.3 Å². The fourth-order valence-electron chi connectivity index (χ4n) is 2.07. The molecule has 25 heavy (non-hydrogen) atoms. The lowest BCUT2D eigenvalue weighted by Gasteiger charge is -2.08. The molecule has 2 rings (SSSR count). The highest BCUT2D eigenvalue weighted by atomic mass is 32.2. The third kappa shape index (κ3) is 3.94. The highest BCUT2D eigenvalue weighted by molar-refractivity contribution is 7.91. The molecule has 132 valence electrons. The number of benzene rings is 2. The molecule has 0 aliphatic rings. The lowest BCUT2D eigenvalue weighted by atomic mass is 10.2. The van der Waals surface area contributed by atoms with Gasteiger partial charge in [-0.25, -0.2) is 13.2 Å². The number of sulfone groups is 1. The molecule has 0 saturated heterocycles. The number of esters is 1. The molecule has 0 spiro atoms. The Morgan fingerprint density at radius 1 is 1.20 bits per heavy atom. The molecule has 2 aromatic carbocycles. The molecule has 8 nitrogen and oxygen atoms in total. The highest BCUT2D eigenvalue weighted by Crippen LogP contribution is 2.30. The van der Waals surface area contributed by atoms with Crippen LogP contribution in [0.1, 0.15) is 23.7 Å². The van der Waals surface area contributed by atoms with Crippen LogP contribution in [0.4, 0.5) is 11.4 Å². The molecule has 0 saturated carbocycles. The minimum atomic E-state index is -4.14. The van der Waals surface area contributed by atoms with Gasteiger partial charge in [-0.2, -0.15) is 0 Å². The van der Waals surface area contributed by atoms with Crippen molar-refractivity contribution in [2.24, 2.45) is 0 Å². The number of rotatable bonds is 6. The summed E-state index contributed by atoms with van der Waals surface area (Å²) in [7, 11) is -4.14. The summed E-state index contributed by atoms with van der Waals surface area (Å²) >= 11 is 0. The number of nitrogens with two attached hydrogens (primary N) is 1. The first kappa shape index (κ1) is 18.4. The van der Waals surface area contributed by atoms with Crippen LogP contribution in [0.25, 0.3) is 0 Å². The number of anilines is 1. The van der Waals surface area contributed by atoms with Crippen molar-refractivity contribution in [2.75, 3.05) is 12.3 Å². The number of nitrogen functional groups attached to an aromatic ring is 1. The fourth-order valence-corrected chi connectivity index (χ4v) is 3.47. The quantitative estimate of drug-likeness (QED) is 0.361. The normalized spacial score (nSPS) is 11.1. The molecule has 0 aliphatic carbocycles. The van der Waals surface area contributed by atoms with Crippen LogP contribution in [0.2, 0.25) is 0 Å². The number of carbonyl (C=O) groups is 1. The van der Waals surface area contributed by atoms with Gasteiger partial charge in [-0.1, -0.05) is 6.92 Å². The van der Waals surface area contributed by atoms with Crippen molar-refractivity contribution in [1.29, 1.82) is 0 Å². The Labute approximate surface area is 144 Å². The minimum Gasteiger partial charge on any atom is -0.462 e. The van der Waals surface area contributed by atoms with E-state index in [2.05, 4.69) is 0 Å². The monoisotopic (exact) mass is 364 g/mol. The molecule has 2 aromatic rings. The third-order valence-corrected chi connectivity index (χ3v) is 5.13. The van der Waals surface area contributed by atoms with E-state index in [-0.39, 0.29) is 17.1 Å². The van der Waals surface area contributed by atoms with Gasteiger partial charge in [0.25, 0.3) is 5.69 Å². The standard InChI is InChI=1S/C16H16N2O6S/c1-2-9-24-16(19)11-3-8-15(14(10-11)18(20)21)25(22,23)13-6-4-12(17)5-7-13/h3-8,10H,2,9,17H2,1H3. The van der Waals surface area contributed by atoms with Gasteiger partial charge >= 0.3 is 5.97 Å². The lowest BCUT2D eigenvalue weighted by Crippen LogP contribution is -2.10. The Morgan fingerprint density at radius 3 is 2.40 bits per heavy atom. The van der Waals surface area contributed by atoms with Crippen molar-refractivity contribution in [3.8, 4) is 0 Å². The van der Waals surface area contributed by atoms with E-state index in [1.807, 2.05) is 0 Å². The fraction of sp³-hybridized carbons (Fsp3) is 0.188. The van der Waals surface area contributed by atoms with Gasteiger partial charge in [0.1, 0.15) is 4.90 Å². The Kier molecular flexibility index (Phi) is 5.38. The summed E-state index contributed by atoms with van der Waals surface area (Å²) in [6, 6.07) is 8.42. The average Bonchev–Trinajstić information content (AvgIpc) is 2.59. The highest BCUT2D eigenvalue weighted by Gasteiger charge is 2.29. The van der Waals surface area contributed by atoms with E-state index in [4.69, 9.17) is 10.5 Å². The predicted octanol–water partition coefficient (Wildman–Crippen LogP) is 2.58. The SMILES string of the molecule is CCCOC(=O)c1ccc(S(=O)(=O)c2ccc(N)cc2)c([N+](=O)[O-])c1. The Bertz CT molecular complexity index is 907. The Balaban J connectivity index is 2.52. The molecule has 0 unspecified atom stereocenters. The summed E-state index contributed by atoms with van der Waals surface area (Å²) in [4.78, 5) is 21.7. The van der Waals surface area contributed by atoms with Crippen LogP contribution >= 0.6 is 0 Å². The first-order valence-corrected chi connectivity index (χ1v) is 8.82. The lowest BCUT2D eigenvalue weighted by molar-refractivity contribution is -0.387. The average molecular weight is 364 g/mol. The van der Waals surface area contributed by atoms with Gasteiger partial charge < -0.3 is 10.5 Å². The van der Waals surface area contributed by atoms with E-state index < -0.39 is 31.3 Å². The van der Waals surface area contributed by atoms with E-state index in [0.29, 0.717) is 12.1 Å². The van der Waals surface area contributed by atoms with Crippen molar-refractivity contribution in [2.45, 2.75) is 23.1 Å². The van der Waals surface area contributed by atoms with Crippen molar-refractivity contribution in [3.05, 3.63) is 58.1 Å². The van der Waals surface area contributed by atoms with Crippen LogP contribution in [0.5, 0.6) is 0 Å². The number of nitro benzene ring substituents is 1. The molecular weight excluding hydrogens is 348 g/mol. The number of nitro groups is 1. The zero-order chi connectivity index (χ0) is 18.6. The van der Waals surface area contributed by atoms with E-state index >= 15 is 0 Å². The van der Waals surface area contributed by atoms with Gasteiger partial charge in [0, 0.05) is 11.8 Å². The first-order chi connectivity index (χ1) is 11.8. The predicted molar refractivity (Wildman–Crippen MR) is 90.0 cm³/mol. The molecule has 0 aliphatic heterocycles. The summed E-state index contributed by atoms with van der Waals surface area (Å²) in [5.41, 5.74) is 5.11. The molecule has 0 atom stereocenters. The minimum absolute atomic E-state index is 0.0867. The van der Waals surface area contributed by atoms with E-state index in [0.717, 1.165) is 12.1 Å². The third-order valence-electron chi connectivity index (χ3n) is 3.31. The van der Waals surface area contributed by atoms with Crippen molar-refractivity contribution < 1.29 is 22.9 Å². The van der Waals surface area contributed by atoms with Crippen LogP contribution in [-0.4, -0.2) is 25.9 Å². The van der Waals surface area contributed by atoms with Crippen LogP contribution < -0.4 is 5.73 Å². The Hall–Kier alpha value is -2.94. The number of carbonyl (C=O) groups excluding carboxylic acids is 1. The number of hydrogen-bond acceptors (Lipinski definition) is 7. The molecule has 0 fully saturated rings. The Morgan fingerprint density at radius 2 is 1.84 bits per heavy atom. The molecule has 0 heterocycles. The smallest absolute Gasteiger partial charge is 0.338 e. The molecule has 0 amide bonds. The van der Waals surface area contributed by atoms with Gasteiger partial charge in [0.15, 0.2) is 0 Å². The molecule has 0 bridgehead atoms. The molecule has 0 aromatic heterocycles. The second-order valence-electron chi connectivity index (χ2n) is 5.15. The van der Waals surface area contributed by atoms with Crippen molar-refractivity contribution >= 4 is 27.2 Å². The second kappa shape index (κ2) is 7.31. The van der Waals surface area contributed by atoms with Crippen molar-refractivity contribution in [1.82, 2.24) is 0 Å². The molecule has 2 N–H and O–H groups in total. The van der Waals surface area contributed by atoms with Crippen LogP contribution in [-0.2, 0) is 14.6 Å². The van der Waals surface area contributed by atoms with Gasteiger partial charge in [0.05, 0.1) is 22.0 Å². The van der Waals surface area contributed by atoms with E-state index in [1.165, 1.54) is 30.3 Å². The van der Waals surface area contributed by atoms with Gasteiger partial charge in [-0.15, -0.1) is 0 Å². The summed E-state index contributed by atoms with van der Waals surface area (Å²) in [5, 5.41) is 11.3. The number of nitrogens with zero attached hydrogens (tertiary/aromatic N) is 1. The van der Waals surface area contributed by atoms with Gasteiger partial charge in [-0.3, -0.25) is 10.1 Å².